The molecule has 0 unspecified atom stereocenters. The van der Waals surface area contributed by atoms with E-state index in [2.05, 4.69) is 0 Å². The molecule has 60 heavy (non-hydrogen) atoms. The lowest BCUT2D eigenvalue weighted by Crippen LogP contribution is -2.57. The molecule has 0 spiro atoms. The maximum Gasteiger partial charge on any atom is 0.265 e. The van der Waals surface area contributed by atoms with Crippen LogP contribution in [-0.4, -0.2) is 138 Å². The van der Waals surface area contributed by atoms with Crippen LogP contribution in [0.2, 0.25) is 0 Å². The highest BCUT2D eigenvalue weighted by Crippen LogP contribution is 2.37. The third-order valence-corrected chi connectivity index (χ3v) is 15.2. The Balaban J connectivity index is 0.000000477. The van der Waals surface area contributed by atoms with Crippen molar-refractivity contribution in [1.82, 2.24) is 20.8 Å². The number of para-hydroxylation sites is 1. The van der Waals surface area contributed by atoms with Crippen molar-refractivity contribution in [3.05, 3.63) is 84.9 Å². The van der Waals surface area contributed by atoms with Crippen LogP contribution in [-0.2, 0) is 38.7 Å². The van der Waals surface area contributed by atoms with Gasteiger partial charge in [-0.1, -0.05) is 36.4 Å². The molecule has 2 aliphatic heterocycles. The van der Waals surface area contributed by atoms with Crippen LogP contribution in [0.4, 0.5) is 0 Å². The SMILES string of the molecule is CC(C)Oc1ccccc1.COCCN1CCC(C(=O)NO)(S(=O)(=O)c2ccc(OC)cc2)CC1.COCCN1CCC(C(=O)NO)(S(=O)(=O)c2ccccc2)CC1.Cl.Cl. The minimum absolute atomic E-state index is 0. The van der Waals surface area contributed by atoms with Crippen LogP contribution in [0.25, 0.3) is 0 Å². The quantitative estimate of drug-likeness (QED) is 0.124. The highest BCUT2D eigenvalue weighted by Gasteiger charge is 2.54. The van der Waals surface area contributed by atoms with E-state index in [4.69, 9.17) is 29.4 Å². The molecule has 2 heterocycles. The molecular weight excluding hydrogens is 863 g/mol. The van der Waals surface area contributed by atoms with E-state index >= 15 is 0 Å². The summed E-state index contributed by atoms with van der Waals surface area (Å²) in [6.07, 6.45) is 0.706. The van der Waals surface area contributed by atoms with Gasteiger partial charge in [0.05, 0.1) is 36.2 Å². The molecule has 4 N–H and O–H groups in total. The molecule has 0 radical (unpaired) electrons. The van der Waals surface area contributed by atoms with Gasteiger partial charge < -0.3 is 28.7 Å². The second kappa shape index (κ2) is 26.0. The zero-order valence-electron chi connectivity index (χ0n) is 34.6. The van der Waals surface area contributed by atoms with E-state index in [0.29, 0.717) is 58.2 Å². The first kappa shape index (κ1) is 54.5. The molecule has 5 rings (SSSR count). The fraction of sp³-hybridized carbons (Fsp3) is 0.500. The summed E-state index contributed by atoms with van der Waals surface area (Å²) in [5.41, 5.74) is 3.09. The molecule has 0 aliphatic carbocycles. The molecule has 2 fully saturated rings. The Morgan fingerprint density at radius 3 is 1.32 bits per heavy atom. The Morgan fingerprint density at radius 2 is 0.983 bits per heavy atom. The third kappa shape index (κ3) is 13.7. The second-order valence-corrected chi connectivity index (χ2v) is 18.5. The Hall–Kier alpha value is -3.56. The van der Waals surface area contributed by atoms with Crippen LogP contribution in [0.15, 0.2) is 94.7 Å². The predicted molar refractivity (Wildman–Crippen MR) is 231 cm³/mol. The fourth-order valence-electron chi connectivity index (χ4n) is 6.73. The zero-order valence-corrected chi connectivity index (χ0v) is 37.9. The highest BCUT2D eigenvalue weighted by atomic mass is 35.5. The Bertz CT molecular complexity index is 1910. The van der Waals surface area contributed by atoms with E-state index in [1.54, 1.807) is 43.4 Å². The molecule has 0 aromatic heterocycles. The van der Waals surface area contributed by atoms with Crippen LogP contribution >= 0.6 is 24.8 Å². The molecule has 2 aliphatic rings. The minimum atomic E-state index is -3.99. The average molecular weight is 924 g/mol. The van der Waals surface area contributed by atoms with Crippen molar-refractivity contribution >= 4 is 56.3 Å². The monoisotopic (exact) mass is 922 g/mol. The number of hydrogen-bond acceptors (Lipinski definition) is 14. The maximum absolute atomic E-state index is 13.2. The van der Waals surface area contributed by atoms with Crippen LogP contribution in [0, 0.1) is 0 Å². The van der Waals surface area contributed by atoms with E-state index in [0.717, 1.165) is 5.75 Å². The Labute approximate surface area is 366 Å². The van der Waals surface area contributed by atoms with Crippen LogP contribution in [0.5, 0.6) is 11.5 Å². The lowest BCUT2D eigenvalue weighted by Gasteiger charge is -2.39. The lowest BCUT2D eigenvalue weighted by molar-refractivity contribution is -0.134. The molecular formula is C40H60Cl2N4O12S2. The smallest absolute Gasteiger partial charge is 0.265 e. The summed E-state index contributed by atoms with van der Waals surface area (Å²) in [4.78, 5) is 28.8. The molecule has 20 heteroatoms. The molecule has 2 saturated heterocycles. The van der Waals surface area contributed by atoms with Gasteiger partial charge in [-0.05, 0) is 88.1 Å². The van der Waals surface area contributed by atoms with Crippen LogP contribution < -0.4 is 20.4 Å². The number of hydrogen-bond donors (Lipinski definition) is 4. The van der Waals surface area contributed by atoms with Crippen molar-refractivity contribution < 1.29 is 55.8 Å². The summed E-state index contributed by atoms with van der Waals surface area (Å²) in [7, 11) is -3.21. The van der Waals surface area contributed by atoms with Crippen molar-refractivity contribution in [3.8, 4) is 11.5 Å². The molecule has 3 aromatic rings. The fourth-order valence-corrected chi connectivity index (χ4v) is 10.7. The summed E-state index contributed by atoms with van der Waals surface area (Å²) >= 11 is 0. The number of benzene rings is 3. The van der Waals surface area contributed by atoms with Crippen LogP contribution in [0.3, 0.4) is 0 Å². The van der Waals surface area contributed by atoms with Gasteiger partial charge in [-0.2, -0.15) is 0 Å². The third-order valence-electron chi connectivity index (χ3n) is 10.1. The summed E-state index contributed by atoms with van der Waals surface area (Å²) < 4.78 is 69.5. The van der Waals surface area contributed by atoms with E-state index in [-0.39, 0.29) is 66.4 Å². The maximum atomic E-state index is 13.2. The van der Waals surface area contributed by atoms with Crippen molar-refractivity contribution in [2.24, 2.45) is 0 Å². The number of ether oxygens (including phenoxy) is 4. The molecule has 0 saturated carbocycles. The first-order chi connectivity index (χ1) is 27.7. The lowest BCUT2D eigenvalue weighted by atomic mass is 9.95. The number of hydroxylamine groups is 2. The van der Waals surface area contributed by atoms with E-state index in [1.807, 2.05) is 54.0 Å². The topological polar surface area (TPSA) is 210 Å². The minimum Gasteiger partial charge on any atom is -0.497 e. The molecule has 3 aromatic carbocycles. The largest absolute Gasteiger partial charge is 0.497 e. The average Bonchev–Trinajstić information content (AvgIpc) is 3.25. The summed E-state index contributed by atoms with van der Waals surface area (Å²) in [6, 6.07) is 23.6. The van der Waals surface area contributed by atoms with E-state index in [1.165, 1.54) is 43.5 Å². The molecule has 0 atom stereocenters. The Kier molecular flexibility index (Phi) is 23.6. The van der Waals surface area contributed by atoms with Crippen molar-refractivity contribution in [2.45, 2.75) is 64.9 Å². The Morgan fingerprint density at radius 1 is 0.617 bits per heavy atom. The molecule has 0 bridgehead atoms. The van der Waals surface area contributed by atoms with Crippen molar-refractivity contribution in [2.75, 3.05) is 73.8 Å². The van der Waals surface area contributed by atoms with Gasteiger partial charge in [-0.15, -0.1) is 24.8 Å². The van der Waals surface area contributed by atoms with Gasteiger partial charge in [0.1, 0.15) is 11.5 Å². The number of rotatable bonds is 15. The molecule has 16 nitrogen and oxygen atoms in total. The van der Waals surface area contributed by atoms with Crippen LogP contribution in [0.1, 0.15) is 39.5 Å². The van der Waals surface area contributed by atoms with Gasteiger partial charge in [-0.3, -0.25) is 20.0 Å². The number of likely N-dealkylation sites (tertiary alicyclic amines) is 2. The number of carbonyl (C=O) groups excluding carboxylic acids is 2. The van der Waals surface area contributed by atoms with E-state index in [9.17, 15) is 26.4 Å². The van der Waals surface area contributed by atoms with Gasteiger partial charge in [0, 0.05) is 53.5 Å². The summed E-state index contributed by atoms with van der Waals surface area (Å²) in [5, 5.41) is 18.2. The number of amides is 2. The zero-order chi connectivity index (χ0) is 42.8. The molecule has 338 valence electrons. The first-order valence-electron chi connectivity index (χ1n) is 18.9. The second-order valence-electron chi connectivity index (χ2n) is 14.0. The van der Waals surface area contributed by atoms with Gasteiger partial charge in [0.2, 0.25) is 0 Å². The number of piperidine rings is 2. The van der Waals surface area contributed by atoms with Gasteiger partial charge in [-0.25, -0.2) is 27.8 Å². The van der Waals surface area contributed by atoms with Gasteiger partial charge >= 0.3 is 0 Å². The number of sulfone groups is 2. The highest BCUT2D eigenvalue weighted by molar-refractivity contribution is 7.94. The van der Waals surface area contributed by atoms with E-state index < -0.39 is 41.0 Å². The summed E-state index contributed by atoms with van der Waals surface area (Å²) in [5.74, 6) is -0.297. The van der Waals surface area contributed by atoms with Gasteiger partial charge in [0.15, 0.2) is 29.2 Å². The van der Waals surface area contributed by atoms with Gasteiger partial charge in [0.25, 0.3) is 11.8 Å². The predicted octanol–water partition coefficient (Wildman–Crippen LogP) is 4.22. The number of carbonyl (C=O) groups is 2. The number of methoxy groups -OCH3 is 3. The van der Waals surface area contributed by atoms with Crippen molar-refractivity contribution in [1.29, 1.82) is 0 Å². The first-order valence-corrected chi connectivity index (χ1v) is 21.9. The standard InChI is InChI=1S/C16H24N2O6S.C15H22N2O5S.C9H12O.2ClH/c1-23-12-11-18-9-7-16(8-10-18,15(19)17-20)25(21,22)14-5-3-13(24-2)4-6-14;1-22-12-11-17-9-7-15(8-10-17,14(18)16-19)23(20,21)13-5-3-2-4-6-13;1-8(2)10-9-6-4-3-5-7-9;;/h3-6,20H,7-12H2,1-2H3,(H,17,19);2-6,19H,7-12H2,1H3,(H,16,18);3-8H,1-2H3;2*1H. The van der Waals surface area contributed by atoms with Crippen molar-refractivity contribution in [3.63, 3.8) is 0 Å². The summed E-state index contributed by atoms with van der Waals surface area (Å²) in [6.45, 7) is 8.20. The normalized spacial score (nSPS) is 16.2. The number of nitrogens with one attached hydrogen (secondary N) is 2. The number of halogens is 2. The number of nitrogens with zero attached hydrogens (tertiary/aromatic N) is 2. The molecule has 2 amide bonds.